The minimum absolute atomic E-state index is 0.191. The van der Waals surface area contributed by atoms with Gasteiger partial charge in [-0.2, -0.15) is 0 Å². The van der Waals surface area contributed by atoms with Crippen LogP contribution in [0.5, 0.6) is 0 Å². The maximum Gasteiger partial charge on any atom is 0.240 e. The summed E-state index contributed by atoms with van der Waals surface area (Å²) in [5.41, 5.74) is 0.506. The van der Waals surface area contributed by atoms with Crippen LogP contribution in [0.25, 0.3) is 0 Å². The molecule has 0 radical (unpaired) electrons. The maximum atomic E-state index is 12.2. The molecular formula is C17H26IN3O3S. The second-order valence-electron chi connectivity index (χ2n) is 6.35. The Bertz CT molecular complexity index is 658. The summed E-state index contributed by atoms with van der Waals surface area (Å²) < 4.78 is 26.2. The van der Waals surface area contributed by atoms with E-state index in [1.165, 1.54) is 19.3 Å². The molecule has 1 N–H and O–H groups in total. The van der Waals surface area contributed by atoms with Crippen molar-refractivity contribution in [3.8, 4) is 0 Å². The van der Waals surface area contributed by atoms with Crippen LogP contribution in [0, 0.1) is 3.57 Å². The van der Waals surface area contributed by atoms with E-state index in [4.69, 9.17) is 0 Å². The van der Waals surface area contributed by atoms with Crippen LogP contribution < -0.4 is 9.62 Å². The third-order valence-corrected chi connectivity index (χ3v) is 6.08. The fourth-order valence-electron chi connectivity index (χ4n) is 2.91. The van der Waals surface area contributed by atoms with Crippen molar-refractivity contribution in [1.82, 2.24) is 10.2 Å². The fraction of sp³-hybridized carbons (Fsp3) is 0.588. The maximum absolute atomic E-state index is 12.2. The fourth-order valence-corrected chi connectivity index (χ4v) is 4.12. The molecule has 0 atom stereocenters. The van der Waals surface area contributed by atoms with Gasteiger partial charge >= 0.3 is 0 Å². The smallest absolute Gasteiger partial charge is 0.240 e. The molecule has 1 amide bonds. The summed E-state index contributed by atoms with van der Waals surface area (Å²) in [6, 6.07) is 7.08. The van der Waals surface area contributed by atoms with Gasteiger partial charge in [0.05, 0.1) is 11.9 Å². The summed E-state index contributed by atoms with van der Waals surface area (Å²) in [5.74, 6) is -0.275. The van der Waals surface area contributed by atoms with E-state index in [-0.39, 0.29) is 12.5 Å². The lowest BCUT2D eigenvalue weighted by atomic mass is 10.1. The number of carbonyl (C=O) groups excluding carboxylic acids is 1. The van der Waals surface area contributed by atoms with Crippen molar-refractivity contribution in [3.63, 3.8) is 0 Å². The van der Waals surface area contributed by atoms with E-state index in [9.17, 15) is 13.2 Å². The molecule has 140 valence electrons. The molecule has 6 nitrogen and oxygen atoms in total. The Labute approximate surface area is 164 Å². The van der Waals surface area contributed by atoms with Crippen molar-refractivity contribution in [1.29, 1.82) is 0 Å². The van der Waals surface area contributed by atoms with Crippen molar-refractivity contribution >= 4 is 44.2 Å². The zero-order chi connectivity index (χ0) is 18.3. The number of anilines is 1. The minimum atomic E-state index is -3.51. The molecule has 1 saturated heterocycles. The Balaban J connectivity index is 1.82. The molecule has 1 aromatic carbocycles. The van der Waals surface area contributed by atoms with Crippen molar-refractivity contribution < 1.29 is 13.2 Å². The number of rotatable bonds is 8. The number of nitrogens with zero attached hydrogens (tertiary/aromatic N) is 2. The standard InChI is InChI=1S/C17H26IN3O3S/c1-25(23,24)21(16-8-6-15(18)7-9-16)14-17(22)19-10-5-13-20-11-3-2-4-12-20/h6-9H,2-5,10-14H2,1H3,(H,19,22). The zero-order valence-electron chi connectivity index (χ0n) is 14.6. The number of sulfonamides is 1. The van der Waals surface area contributed by atoms with Gasteiger partial charge in [-0.25, -0.2) is 8.42 Å². The highest BCUT2D eigenvalue weighted by atomic mass is 127. The number of amides is 1. The lowest BCUT2D eigenvalue weighted by Gasteiger charge is -2.26. The first kappa shape index (κ1) is 20.4. The number of hydrogen-bond acceptors (Lipinski definition) is 4. The van der Waals surface area contributed by atoms with E-state index in [2.05, 4.69) is 32.8 Å². The number of halogens is 1. The van der Waals surface area contributed by atoms with Gasteiger partial charge in [0.1, 0.15) is 6.54 Å². The monoisotopic (exact) mass is 479 g/mol. The van der Waals surface area contributed by atoms with Crippen molar-refractivity contribution in [3.05, 3.63) is 27.8 Å². The number of hydrogen-bond donors (Lipinski definition) is 1. The van der Waals surface area contributed by atoms with Gasteiger partial charge in [0.15, 0.2) is 0 Å². The number of likely N-dealkylation sites (tertiary alicyclic amines) is 1. The van der Waals surface area contributed by atoms with Gasteiger partial charge in [-0.05, 0) is 85.8 Å². The van der Waals surface area contributed by atoms with E-state index >= 15 is 0 Å². The van der Waals surface area contributed by atoms with Gasteiger partial charge < -0.3 is 10.2 Å². The van der Waals surface area contributed by atoms with E-state index in [1.807, 2.05) is 12.1 Å². The first-order chi connectivity index (χ1) is 11.9. The van der Waals surface area contributed by atoms with E-state index in [0.29, 0.717) is 12.2 Å². The third kappa shape index (κ3) is 7.10. The summed E-state index contributed by atoms with van der Waals surface area (Å²) >= 11 is 2.16. The lowest BCUT2D eigenvalue weighted by Crippen LogP contribution is -2.41. The van der Waals surface area contributed by atoms with E-state index in [1.54, 1.807) is 12.1 Å². The second kappa shape index (κ2) is 9.72. The SMILES string of the molecule is CS(=O)(=O)N(CC(=O)NCCCN1CCCCC1)c1ccc(I)cc1. The van der Waals surface area contributed by atoms with Crippen molar-refractivity contribution in [2.45, 2.75) is 25.7 Å². The number of carbonyl (C=O) groups is 1. The average molecular weight is 479 g/mol. The molecule has 1 aromatic rings. The highest BCUT2D eigenvalue weighted by molar-refractivity contribution is 14.1. The molecule has 0 aliphatic carbocycles. The molecule has 1 aliphatic rings. The van der Waals surface area contributed by atoms with E-state index in [0.717, 1.165) is 40.2 Å². The molecular weight excluding hydrogens is 453 g/mol. The number of nitrogens with one attached hydrogen (secondary N) is 1. The highest BCUT2D eigenvalue weighted by Crippen LogP contribution is 2.18. The first-order valence-corrected chi connectivity index (χ1v) is 11.5. The van der Waals surface area contributed by atoms with Crippen LogP contribution in [0.15, 0.2) is 24.3 Å². The van der Waals surface area contributed by atoms with Crippen LogP contribution >= 0.6 is 22.6 Å². The molecule has 0 saturated carbocycles. The quantitative estimate of drug-likeness (QED) is 0.458. The van der Waals surface area contributed by atoms with Gasteiger partial charge in [0, 0.05) is 10.1 Å². The van der Waals surface area contributed by atoms with Gasteiger partial charge in [-0.1, -0.05) is 6.42 Å². The Morgan fingerprint density at radius 2 is 1.84 bits per heavy atom. The van der Waals surface area contributed by atoms with Crippen LogP contribution in [0.4, 0.5) is 5.69 Å². The summed E-state index contributed by atoms with van der Waals surface area (Å²) in [6.07, 6.45) is 5.83. The van der Waals surface area contributed by atoms with Crippen LogP contribution in [-0.4, -0.2) is 58.2 Å². The highest BCUT2D eigenvalue weighted by Gasteiger charge is 2.20. The largest absolute Gasteiger partial charge is 0.354 e. The van der Waals surface area contributed by atoms with Crippen molar-refractivity contribution in [2.75, 3.05) is 43.3 Å². The first-order valence-electron chi connectivity index (χ1n) is 8.58. The normalized spacial score (nSPS) is 15.8. The molecule has 1 heterocycles. The predicted molar refractivity (Wildman–Crippen MR) is 109 cm³/mol. The molecule has 25 heavy (non-hydrogen) atoms. The molecule has 0 unspecified atom stereocenters. The van der Waals surface area contributed by atoms with E-state index < -0.39 is 10.0 Å². The summed E-state index contributed by atoms with van der Waals surface area (Å²) in [7, 11) is -3.51. The summed E-state index contributed by atoms with van der Waals surface area (Å²) in [4.78, 5) is 14.6. The van der Waals surface area contributed by atoms with Gasteiger partial charge in [-0.15, -0.1) is 0 Å². The molecule has 2 rings (SSSR count). The molecule has 1 aliphatic heterocycles. The van der Waals surface area contributed by atoms with Crippen LogP contribution in [0.2, 0.25) is 0 Å². The number of piperidine rings is 1. The summed E-state index contributed by atoms with van der Waals surface area (Å²) in [6.45, 7) is 3.64. The Hall–Kier alpha value is -0.870. The molecule has 8 heteroatoms. The Morgan fingerprint density at radius 3 is 2.44 bits per heavy atom. The van der Waals surface area contributed by atoms with Crippen molar-refractivity contribution in [2.24, 2.45) is 0 Å². The molecule has 1 fully saturated rings. The van der Waals surface area contributed by atoms with Crippen LogP contribution in [-0.2, 0) is 14.8 Å². The topological polar surface area (TPSA) is 69.7 Å². The zero-order valence-corrected chi connectivity index (χ0v) is 17.6. The molecule has 0 aromatic heterocycles. The lowest BCUT2D eigenvalue weighted by molar-refractivity contribution is -0.119. The number of benzene rings is 1. The van der Waals surface area contributed by atoms with Gasteiger partial charge in [0.2, 0.25) is 15.9 Å². The summed E-state index contributed by atoms with van der Waals surface area (Å²) in [5, 5.41) is 2.83. The second-order valence-corrected chi connectivity index (χ2v) is 9.50. The van der Waals surface area contributed by atoms with Gasteiger partial charge in [0.25, 0.3) is 0 Å². The third-order valence-electron chi connectivity index (χ3n) is 4.22. The van der Waals surface area contributed by atoms with Crippen LogP contribution in [0.1, 0.15) is 25.7 Å². The Morgan fingerprint density at radius 1 is 1.20 bits per heavy atom. The Kier molecular flexibility index (Phi) is 7.95. The minimum Gasteiger partial charge on any atom is -0.354 e. The predicted octanol–water partition coefficient (Wildman–Crippen LogP) is 2.05. The molecule has 0 spiro atoms. The van der Waals surface area contributed by atoms with Gasteiger partial charge in [-0.3, -0.25) is 9.10 Å². The average Bonchev–Trinajstić information content (AvgIpc) is 2.57. The van der Waals surface area contributed by atoms with Crippen LogP contribution in [0.3, 0.4) is 0 Å². The molecule has 0 bridgehead atoms.